The first-order chi connectivity index (χ1) is 7.29. The van der Waals surface area contributed by atoms with Crippen LogP contribution in [0.4, 0.5) is 0 Å². The summed E-state index contributed by atoms with van der Waals surface area (Å²) < 4.78 is 0. The van der Waals surface area contributed by atoms with E-state index in [0.29, 0.717) is 5.92 Å². The highest BCUT2D eigenvalue weighted by atomic mass is 32.1. The molecule has 1 aliphatic rings. The topological polar surface area (TPSA) is 16.1 Å². The molecule has 2 nitrogen and oxygen atoms in total. The highest BCUT2D eigenvalue weighted by molar-refractivity contribution is 7.80. The third-order valence-electron chi connectivity index (χ3n) is 2.94. The molecule has 4 heteroatoms. The van der Waals surface area contributed by atoms with Crippen LogP contribution in [0.5, 0.6) is 0 Å². The summed E-state index contributed by atoms with van der Waals surface area (Å²) in [4.78, 5) is 7.11. The summed E-state index contributed by atoms with van der Waals surface area (Å²) in [6.45, 7) is 2.41. The molecule has 15 heavy (non-hydrogen) atoms. The molecule has 2 heterocycles. The van der Waals surface area contributed by atoms with Crippen LogP contribution in [0.3, 0.4) is 0 Å². The Morgan fingerprint density at radius 2 is 2.53 bits per heavy atom. The molecule has 0 N–H and O–H groups in total. The molecular weight excluding hydrogens is 224 g/mol. The standard InChI is InChI=1S/C11H18N2S2/c1-13-5-2-3-9(7-13)10-8-15-11(12-10)4-6-14/h8-9,14H,2-7H2,1H3. The molecule has 1 fully saturated rings. The second-order valence-electron chi connectivity index (χ2n) is 4.24. The molecule has 0 spiro atoms. The Balaban J connectivity index is 2.01. The molecule has 0 aliphatic carbocycles. The number of rotatable bonds is 3. The van der Waals surface area contributed by atoms with Crippen molar-refractivity contribution in [3.05, 3.63) is 16.1 Å². The van der Waals surface area contributed by atoms with Crippen LogP contribution in [0.1, 0.15) is 29.5 Å². The summed E-state index contributed by atoms with van der Waals surface area (Å²) in [6.07, 6.45) is 3.62. The lowest BCUT2D eigenvalue weighted by molar-refractivity contribution is 0.249. The largest absolute Gasteiger partial charge is 0.306 e. The molecule has 0 aromatic carbocycles. The zero-order chi connectivity index (χ0) is 10.7. The van der Waals surface area contributed by atoms with Gasteiger partial charge in [0.05, 0.1) is 10.7 Å². The van der Waals surface area contributed by atoms with E-state index in [1.54, 1.807) is 11.3 Å². The van der Waals surface area contributed by atoms with Gasteiger partial charge in [0.2, 0.25) is 0 Å². The maximum Gasteiger partial charge on any atom is 0.0936 e. The van der Waals surface area contributed by atoms with E-state index in [1.807, 2.05) is 0 Å². The summed E-state index contributed by atoms with van der Waals surface area (Å²) in [5, 5.41) is 3.48. The normalized spacial score (nSPS) is 23.2. The molecule has 0 radical (unpaired) electrons. The van der Waals surface area contributed by atoms with Gasteiger partial charge in [-0.2, -0.15) is 12.6 Å². The van der Waals surface area contributed by atoms with Crippen molar-refractivity contribution >= 4 is 24.0 Å². The lowest BCUT2D eigenvalue weighted by Gasteiger charge is -2.28. The molecule has 1 saturated heterocycles. The Bertz CT molecular complexity index is 311. The molecule has 1 aromatic heterocycles. The van der Waals surface area contributed by atoms with Crippen LogP contribution in [-0.4, -0.2) is 35.8 Å². The van der Waals surface area contributed by atoms with Crippen molar-refractivity contribution < 1.29 is 0 Å². The average Bonchev–Trinajstić information content (AvgIpc) is 2.67. The fourth-order valence-electron chi connectivity index (χ4n) is 2.13. The van der Waals surface area contributed by atoms with Gasteiger partial charge >= 0.3 is 0 Å². The Kier molecular flexibility index (Phi) is 4.05. The van der Waals surface area contributed by atoms with E-state index in [9.17, 15) is 0 Å². The van der Waals surface area contributed by atoms with Crippen molar-refractivity contribution in [2.24, 2.45) is 0 Å². The number of likely N-dealkylation sites (N-methyl/N-ethyl adjacent to an activating group) is 1. The van der Waals surface area contributed by atoms with Crippen molar-refractivity contribution in [2.45, 2.75) is 25.2 Å². The Morgan fingerprint density at radius 3 is 3.27 bits per heavy atom. The van der Waals surface area contributed by atoms with E-state index in [1.165, 1.54) is 36.6 Å². The minimum absolute atomic E-state index is 0.661. The maximum atomic E-state index is 4.70. The first-order valence-corrected chi connectivity index (χ1v) is 7.04. The number of thiazole rings is 1. The quantitative estimate of drug-likeness (QED) is 0.820. The number of aromatic nitrogens is 1. The highest BCUT2D eigenvalue weighted by Gasteiger charge is 2.20. The van der Waals surface area contributed by atoms with Gasteiger partial charge in [-0.3, -0.25) is 0 Å². The number of likely N-dealkylation sites (tertiary alicyclic amines) is 1. The van der Waals surface area contributed by atoms with Crippen LogP contribution in [0.15, 0.2) is 5.38 Å². The predicted octanol–water partition coefficient (Wildman–Crippen LogP) is 2.42. The number of aryl methyl sites for hydroxylation is 1. The number of hydrogen-bond donors (Lipinski definition) is 1. The van der Waals surface area contributed by atoms with Gasteiger partial charge in [0.1, 0.15) is 0 Å². The summed E-state index contributed by atoms with van der Waals surface area (Å²) in [6, 6.07) is 0. The van der Waals surface area contributed by atoms with Crippen molar-refractivity contribution in [2.75, 3.05) is 25.9 Å². The minimum atomic E-state index is 0.661. The number of piperidine rings is 1. The average molecular weight is 242 g/mol. The highest BCUT2D eigenvalue weighted by Crippen LogP contribution is 2.27. The van der Waals surface area contributed by atoms with Crippen LogP contribution in [0.25, 0.3) is 0 Å². The fraction of sp³-hybridized carbons (Fsp3) is 0.727. The van der Waals surface area contributed by atoms with Crippen LogP contribution in [0.2, 0.25) is 0 Å². The van der Waals surface area contributed by atoms with Gasteiger partial charge in [0.15, 0.2) is 0 Å². The fourth-order valence-corrected chi connectivity index (χ4v) is 3.37. The van der Waals surface area contributed by atoms with Crippen molar-refractivity contribution in [1.29, 1.82) is 0 Å². The predicted molar refractivity (Wildman–Crippen MR) is 69.1 cm³/mol. The van der Waals surface area contributed by atoms with Crippen molar-refractivity contribution in [3.63, 3.8) is 0 Å². The van der Waals surface area contributed by atoms with E-state index in [-0.39, 0.29) is 0 Å². The van der Waals surface area contributed by atoms with Gasteiger partial charge < -0.3 is 4.90 Å². The summed E-state index contributed by atoms with van der Waals surface area (Å²) in [7, 11) is 2.20. The lowest BCUT2D eigenvalue weighted by atomic mass is 9.96. The van der Waals surface area contributed by atoms with Crippen molar-refractivity contribution in [1.82, 2.24) is 9.88 Å². The zero-order valence-corrected chi connectivity index (χ0v) is 10.9. The molecule has 0 saturated carbocycles. The Morgan fingerprint density at radius 1 is 1.67 bits per heavy atom. The van der Waals surface area contributed by atoms with Crippen LogP contribution in [-0.2, 0) is 6.42 Å². The second kappa shape index (κ2) is 5.32. The first-order valence-electron chi connectivity index (χ1n) is 5.53. The maximum absolute atomic E-state index is 4.70. The van der Waals surface area contributed by atoms with Crippen LogP contribution >= 0.6 is 24.0 Å². The Hall–Kier alpha value is -0.0600. The molecule has 1 unspecified atom stereocenters. The van der Waals surface area contributed by atoms with Gasteiger partial charge in [-0.05, 0) is 32.2 Å². The Labute approximate surface area is 101 Å². The molecule has 1 aliphatic heterocycles. The second-order valence-corrected chi connectivity index (χ2v) is 5.63. The van der Waals surface area contributed by atoms with Crippen molar-refractivity contribution in [3.8, 4) is 0 Å². The number of nitrogens with zero attached hydrogens (tertiary/aromatic N) is 2. The third kappa shape index (κ3) is 2.95. The minimum Gasteiger partial charge on any atom is -0.306 e. The summed E-state index contributed by atoms with van der Waals surface area (Å²) in [5.41, 5.74) is 1.31. The number of hydrogen-bond acceptors (Lipinski definition) is 4. The van der Waals surface area contributed by atoms with E-state index in [4.69, 9.17) is 4.98 Å². The van der Waals surface area contributed by atoms with E-state index in [0.717, 1.165) is 12.2 Å². The smallest absolute Gasteiger partial charge is 0.0936 e. The van der Waals surface area contributed by atoms with Gasteiger partial charge in [0.25, 0.3) is 0 Å². The molecule has 2 rings (SSSR count). The molecule has 1 aromatic rings. The van der Waals surface area contributed by atoms with Gasteiger partial charge in [0, 0.05) is 24.3 Å². The first kappa shape index (κ1) is 11.4. The van der Waals surface area contributed by atoms with Crippen LogP contribution in [0, 0.1) is 0 Å². The van der Waals surface area contributed by atoms with Gasteiger partial charge in [-0.1, -0.05) is 0 Å². The van der Waals surface area contributed by atoms with E-state index < -0.39 is 0 Å². The van der Waals surface area contributed by atoms with Crippen LogP contribution < -0.4 is 0 Å². The van der Waals surface area contributed by atoms with Gasteiger partial charge in [-0.25, -0.2) is 4.98 Å². The van der Waals surface area contributed by atoms with E-state index in [2.05, 4.69) is 30.0 Å². The third-order valence-corrected chi connectivity index (χ3v) is 4.09. The number of thiol groups is 1. The SMILES string of the molecule is CN1CCCC(c2csc(CCS)n2)C1. The lowest BCUT2D eigenvalue weighted by Crippen LogP contribution is -2.30. The van der Waals surface area contributed by atoms with E-state index >= 15 is 0 Å². The zero-order valence-electron chi connectivity index (χ0n) is 9.15. The molecule has 0 bridgehead atoms. The molecule has 84 valence electrons. The summed E-state index contributed by atoms with van der Waals surface area (Å²) in [5.74, 6) is 1.56. The molecular formula is C11H18N2S2. The monoisotopic (exact) mass is 242 g/mol. The summed E-state index contributed by atoms with van der Waals surface area (Å²) >= 11 is 6.03. The van der Waals surface area contributed by atoms with Gasteiger partial charge in [-0.15, -0.1) is 11.3 Å². The molecule has 1 atom stereocenters. The molecule has 0 amide bonds.